The van der Waals surface area contributed by atoms with E-state index in [-0.39, 0.29) is 10.2 Å². The van der Waals surface area contributed by atoms with Gasteiger partial charge in [-0.25, -0.2) is 0 Å². The molecule has 1 heterocycles. The molecule has 18 heavy (non-hydrogen) atoms. The van der Waals surface area contributed by atoms with E-state index >= 15 is 0 Å². The summed E-state index contributed by atoms with van der Waals surface area (Å²) in [5.74, 6) is 0. The van der Waals surface area contributed by atoms with E-state index in [1.807, 2.05) is 6.07 Å². The first-order valence-corrected chi connectivity index (χ1v) is 7.58. The summed E-state index contributed by atoms with van der Waals surface area (Å²) in [5, 5.41) is 0. The maximum atomic E-state index is 5.27. The third kappa shape index (κ3) is 2.89. The second-order valence-corrected chi connectivity index (χ2v) is 7.02. The second kappa shape index (κ2) is 5.22. The van der Waals surface area contributed by atoms with Gasteiger partial charge in [-0.2, -0.15) is 0 Å². The lowest BCUT2D eigenvalue weighted by Crippen LogP contribution is -2.10. The minimum Gasteiger partial charge on any atom is -0.457 e. The van der Waals surface area contributed by atoms with Gasteiger partial charge in [0.15, 0.2) is 4.67 Å². The average Bonchev–Trinajstić information content (AvgIpc) is 2.73. The maximum absolute atomic E-state index is 5.27. The Kier molecular flexibility index (Phi) is 4.02. The molecule has 3 heteroatoms. The standard InChI is InChI=1S/C15H16Br2O/c1-15(2,3)11-6-4-10(5-7-11)13(16)12-8-9-18-14(12)17/h4-9,13H,1-3H3. The van der Waals surface area contributed by atoms with Gasteiger partial charge in [0.05, 0.1) is 11.1 Å². The molecule has 0 aliphatic rings. The quantitative estimate of drug-likeness (QED) is 0.605. The zero-order chi connectivity index (χ0) is 13.3. The molecule has 2 aromatic rings. The van der Waals surface area contributed by atoms with Gasteiger partial charge in [-0.3, -0.25) is 0 Å². The van der Waals surface area contributed by atoms with Gasteiger partial charge in [-0.15, -0.1) is 0 Å². The van der Waals surface area contributed by atoms with Crippen LogP contribution in [0.25, 0.3) is 0 Å². The van der Waals surface area contributed by atoms with Gasteiger partial charge in [-0.1, -0.05) is 61.0 Å². The fourth-order valence-electron chi connectivity index (χ4n) is 1.82. The van der Waals surface area contributed by atoms with Gasteiger partial charge in [0.1, 0.15) is 0 Å². The van der Waals surface area contributed by atoms with Gasteiger partial charge in [-0.05, 0) is 38.5 Å². The van der Waals surface area contributed by atoms with E-state index in [2.05, 4.69) is 76.9 Å². The smallest absolute Gasteiger partial charge is 0.173 e. The Morgan fingerprint density at radius 2 is 1.67 bits per heavy atom. The summed E-state index contributed by atoms with van der Waals surface area (Å²) in [4.78, 5) is 0.152. The minimum absolute atomic E-state index is 0.152. The Hall–Kier alpha value is -0.540. The van der Waals surface area contributed by atoms with Gasteiger partial charge in [0.2, 0.25) is 0 Å². The zero-order valence-electron chi connectivity index (χ0n) is 10.7. The van der Waals surface area contributed by atoms with Crippen LogP contribution in [0.4, 0.5) is 0 Å². The molecule has 0 aliphatic carbocycles. The van der Waals surface area contributed by atoms with Crippen LogP contribution >= 0.6 is 31.9 Å². The first-order valence-electron chi connectivity index (χ1n) is 5.87. The number of hydrogen-bond acceptors (Lipinski definition) is 1. The van der Waals surface area contributed by atoms with Gasteiger partial charge < -0.3 is 4.42 Å². The summed E-state index contributed by atoms with van der Waals surface area (Å²) in [7, 11) is 0. The van der Waals surface area contributed by atoms with E-state index < -0.39 is 0 Å². The lowest BCUT2D eigenvalue weighted by molar-refractivity contribution is 0.537. The van der Waals surface area contributed by atoms with E-state index in [1.165, 1.54) is 11.1 Å². The number of rotatable bonds is 2. The summed E-state index contributed by atoms with van der Waals surface area (Å²) in [6.07, 6.45) is 1.69. The van der Waals surface area contributed by atoms with Crippen molar-refractivity contribution in [2.45, 2.75) is 31.0 Å². The van der Waals surface area contributed by atoms with E-state index in [9.17, 15) is 0 Å². The Bertz CT molecular complexity index is 520. The van der Waals surface area contributed by atoms with Crippen molar-refractivity contribution in [1.82, 2.24) is 0 Å². The lowest BCUT2D eigenvalue weighted by atomic mass is 9.86. The fraction of sp³-hybridized carbons (Fsp3) is 0.333. The number of benzene rings is 1. The van der Waals surface area contributed by atoms with E-state index in [0.717, 1.165) is 10.2 Å². The van der Waals surface area contributed by atoms with Gasteiger partial charge in [0.25, 0.3) is 0 Å². The Balaban J connectivity index is 2.28. The first kappa shape index (κ1) is 13.9. The highest BCUT2D eigenvalue weighted by Gasteiger charge is 2.17. The minimum atomic E-state index is 0.152. The molecule has 0 bridgehead atoms. The summed E-state index contributed by atoms with van der Waals surface area (Å²) in [6.45, 7) is 6.67. The normalized spacial score (nSPS) is 13.6. The molecule has 2 rings (SSSR count). The van der Waals surface area contributed by atoms with Gasteiger partial charge in [0, 0.05) is 5.56 Å². The van der Waals surface area contributed by atoms with Crippen molar-refractivity contribution >= 4 is 31.9 Å². The summed E-state index contributed by atoms with van der Waals surface area (Å²) >= 11 is 7.12. The number of furan rings is 1. The molecule has 0 aliphatic heterocycles. The van der Waals surface area contributed by atoms with Crippen molar-refractivity contribution in [3.05, 3.63) is 58.0 Å². The summed E-state index contributed by atoms with van der Waals surface area (Å²) < 4.78 is 6.05. The van der Waals surface area contributed by atoms with Crippen molar-refractivity contribution in [3.63, 3.8) is 0 Å². The van der Waals surface area contributed by atoms with E-state index in [0.29, 0.717) is 0 Å². The Morgan fingerprint density at radius 1 is 1.06 bits per heavy atom. The van der Waals surface area contributed by atoms with Crippen molar-refractivity contribution in [2.75, 3.05) is 0 Å². The highest BCUT2D eigenvalue weighted by Crippen LogP contribution is 2.36. The molecule has 0 N–H and O–H groups in total. The Morgan fingerprint density at radius 3 is 2.11 bits per heavy atom. The van der Waals surface area contributed by atoms with Crippen molar-refractivity contribution in [1.29, 1.82) is 0 Å². The number of alkyl halides is 1. The summed E-state index contributed by atoms with van der Waals surface area (Å²) in [5.41, 5.74) is 3.87. The molecule has 1 atom stereocenters. The summed E-state index contributed by atoms with van der Waals surface area (Å²) in [6, 6.07) is 10.7. The molecule has 1 unspecified atom stereocenters. The maximum Gasteiger partial charge on any atom is 0.173 e. The molecule has 0 saturated heterocycles. The third-order valence-corrected chi connectivity index (χ3v) is 4.66. The highest BCUT2D eigenvalue weighted by molar-refractivity contribution is 9.10. The SMILES string of the molecule is CC(C)(C)c1ccc(C(Br)c2ccoc2Br)cc1. The lowest BCUT2D eigenvalue weighted by Gasteiger charge is -2.19. The van der Waals surface area contributed by atoms with E-state index in [1.54, 1.807) is 6.26 Å². The van der Waals surface area contributed by atoms with Gasteiger partial charge >= 0.3 is 0 Å². The molecule has 0 saturated carbocycles. The topological polar surface area (TPSA) is 13.1 Å². The van der Waals surface area contributed by atoms with Crippen LogP contribution in [-0.4, -0.2) is 0 Å². The van der Waals surface area contributed by atoms with Crippen molar-refractivity contribution < 1.29 is 4.42 Å². The zero-order valence-corrected chi connectivity index (χ0v) is 13.9. The highest BCUT2D eigenvalue weighted by atomic mass is 79.9. The van der Waals surface area contributed by atoms with Crippen LogP contribution in [0.1, 0.15) is 42.3 Å². The second-order valence-electron chi connectivity index (χ2n) is 5.38. The predicted octanol–water partition coefficient (Wildman–Crippen LogP) is 5.82. The first-order chi connectivity index (χ1) is 8.39. The van der Waals surface area contributed by atoms with Crippen LogP contribution in [0.3, 0.4) is 0 Å². The Labute approximate surface area is 125 Å². The predicted molar refractivity (Wildman–Crippen MR) is 82.3 cm³/mol. The molecule has 0 radical (unpaired) electrons. The molecular formula is C15H16Br2O. The monoisotopic (exact) mass is 370 g/mol. The van der Waals surface area contributed by atoms with E-state index in [4.69, 9.17) is 4.42 Å². The molecule has 0 fully saturated rings. The van der Waals surface area contributed by atoms with Crippen LogP contribution in [0.5, 0.6) is 0 Å². The molecule has 96 valence electrons. The average molecular weight is 372 g/mol. The molecule has 0 spiro atoms. The van der Waals surface area contributed by atoms with Crippen LogP contribution in [-0.2, 0) is 5.41 Å². The van der Waals surface area contributed by atoms with Crippen LogP contribution in [0.15, 0.2) is 45.7 Å². The van der Waals surface area contributed by atoms with Crippen LogP contribution in [0.2, 0.25) is 0 Å². The third-order valence-electron chi connectivity index (χ3n) is 2.99. The number of hydrogen-bond donors (Lipinski definition) is 0. The van der Waals surface area contributed by atoms with Crippen LogP contribution < -0.4 is 0 Å². The molecular weight excluding hydrogens is 356 g/mol. The van der Waals surface area contributed by atoms with Crippen molar-refractivity contribution in [2.24, 2.45) is 0 Å². The molecule has 1 nitrogen and oxygen atoms in total. The van der Waals surface area contributed by atoms with Crippen LogP contribution in [0, 0.1) is 0 Å². The largest absolute Gasteiger partial charge is 0.457 e. The fourth-order valence-corrected chi connectivity index (χ4v) is 3.26. The number of halogens is 2. The molecule has 1 aromatic carbocycles. The van der Waals surface area contributed by atoms with Crippen molar-refractivity contribution in [3.8, 4) is 0 Å². The molecule has 1 aromatic heterocycles. The molecule has 0 amide bonds.